The first-order valence-corrected chi connectivity index (χ1v) is 5.07. The fourth-order valence-electron chi connectivity index (χ4n) is 1.80. The maximum atomic E-state index is 12.8. The lowest BCUT2D eigenvalue weighted by molar-refractivity contribution is -0.384. The molecular weight excluding hydrogens is 265 g/mol. The van der Waals surface area contributed by atoms with Gasteiger partial charge in [0.15, 0.2) is 0 Å². The predicted molar refractivity (Wildman–Crippen MR) is 60.8 cm³/mol. The molecule has 1 aromatic carbocycles. The molecule has 0 aliphatic carbocycles. The molecule has 2 rings (SSSR count). The van der Waals surface area contributed by atoms with Crippen molar-refractivity contribution < 1.29 is 18.1 Å². The van der Waals surface area contributed by atoms with Crippen LogP contribution in [-0.4, -0.2) is 9.49 Å². The number of nitro benzene ring substituents is 1. The van der Waals surface area contributed by atoms with Gasteiger partial charge in [0.2, 0.25) is 0 Å². The first-order chi connectivity index (χ1) is 8.71. The van der Waals surface area contributed by atoms with Gasteiger partial charge in [-0.2, -0.15) is 13.2 Å². The third-order valence-corrected chi connectivity index (χ3v) is 2.75. The maximum Gasteiger partial charge on any atom is 0.417 e. The number of nitro groups is 1. The van der Waals surface area contributed by atoms with Crippen molar-refractivity contribution in [3.63, 3.8) is 0 Å². The minimum atomic E-state index is -4.75. The van der Waals surface area contributed by atoms with Crippen molar-refractivity contribution >= 4 is 16.6 Å². The van der Waals surface area contributed by atoms with Crippen molar-refractivity contribution in [1.82, 2.24) is 4.57 Å². The highest BCUT2D eigenvalue weighted by atomic mass is 19.4. The number of alkyl halides is 3. The molecule has 0 fully saturated rings. The quantitative estimate of drug-likeness (QED) is 0.591. The largest absolute Gasteiger partial charge is 0.417 e. The van der Waals surface area contributed by atoms with Crippen LogP contribution in [0.5, 0.6) is 0 Å². The summed E-state index contributed by atoms with van der Waals surface area (Å²) in [5.74, 6) is 0. The highest BCUT2D eigenvalue weighted by Crippen LogP contribution is 2.34. The summed E-state index contributed by atoms with van der Waals surface area (Å²) in [6.45, 7) is 0. The van der Waals surface area contributed by atoms with E-state index in [0.29, 0.717) is 6.07 Å². The average molecular weight is 272 g/mol. The molecule has 100 valence electrons. The molecule has 8 heteroatoms. The van der Waals surface area contributed by atoms with Crippen molar-refractivity contribution in [2.75, 3.05) is 0 Å². The van der Waals surface area contributed by atoms with Crippen LogP contribution in [0.15, 0.2) is 29.1 Å². The van der Waals surface area contributed by atoms with Gasteiger partial charge in [0.1, 0.15) is 0 Å². The van der Waals surface area contributed by atoms with Crippen molar-refractivity contribution in [3.8, 4) is 0 Å². The topological polar surface area (TPSA) is 65.1 Å². The van der Waals surface area contributed by atoms with E-state index in [1.807, 2.05) is 0 Å². The number of nitrogens with zero attached hydrogens (tertiary/aromatic N) is 2. The summed E-state index contributed by atoms with van der Waals surface area (Å²) >= 11 is 0. The van der Waals surface area contributed by atoms with E-state index in [1.165, 1.54) is 7.05 Å². The Morgan fingerprint density at radius 3 is 2.42 bits per heavy atom. The molecule has 0 amide bonds. The second-order valence-electron chi connectivity index (χ2n) is 3.91. The first kappa shape index (κ1) is 13.1. The number of aromatic nitrogens is 1. The van der Waals surface area contributed by atoms with Crippen LogP contribution in [0, 0.1) is 10.1 Å². The van der Waals surface area contributed by atoms with E-state index >= 15 is 0 Å². The normalized spacial score (nSPS) is 11.8. The Morgan fingerprint density at radius 1 is 1.26 bits per heavy atom. The van der Waals surface area contributed by atoms with Crippen molar-refractivity contribution in [3.05, 3.63) is 50.3 Å². The van der Waals surface area contributed by atoms with Crippen LogP contribution in [0.25, 0.3) is 10.9 Å². The Morgan fingerprint density at radius 2 is 1.89 bits per heavy atom. The van der Waals surface area contributed by atoms with Gasteiger partial charge in [0, 0.05) is 30.6 Å². The fourth-order valence-corrected chi connectivity index (χ4v) is 1.80. The van der Waals surface area contributed by atoms with Gasteiger partial charge >= 0.3 is 6.18 Å². The van der Waals surface area contributed by atoms with Crippen LogP contribution in [0.1, 0.15) is 5.56 Å². The third-order valence-electron chi connectivity index (χ3n) is 2.75. The van der Waals surface area contributed by atoms with E-state index < -0.39 is 27.9 Å². The molecule has 0 saturated carbocycles. The summed E-state index contributed by atoms with van der Waals surface area (Å²) in [6, 6.07) is 3.44. The number of pyridine rings is 1. The molecule has 0 saturated heterocycles. The highest BCUT2D eigenvalue weighted by molar-refractivity contribution is 5.85. The van der Waals surface area contributed by atoms with E-state index in [1.54, 1.807) is 0 Å². The maximum absolute atomic E-state index is 12.8. The summed E-state index contributed by atoms with van der Waals surface area (Å²) in [4.78, 5) is 21.3. The number of rotatable bonds is 1. The molecule has 0 spiro atoms. The molecule has 5 nitrogen and oxygen atoms in total. The molecule has 19 heavy (non-hydrogen) atoms. The molecule has 2 aromatic rings. The molecule has 0 aliphatic heterocycles. The van der Waals surface area contributed by atoms with Gasteiger partial charge in [-0.05, 0) is 6.07 Å². The Labute approximate surface area is 104 Å². The SMILES string of the molecule is Cn1c(=O)cc(C(F)(F)F)c2cc([N+](=O)[O-])ccc21. The average Bonchev–Trinajstić information content (AvgIpc) is 2.31. The monoisotopic (exact) mass is 272 g/mol. The summed E-state index contributed by atoms with van der Waals surface area (Å²) < 4.78 is 39.5. The van der Waals surface area contributed by atoms with Gasteiger partial charge in [-0.25, -0.2) is 0 Å². The van der Waals surface area contributed by atoms with E-state index in [9.17, 15) is 28.1 Å². The lowest BCUT2D eigenvalue weighted by Gasteiger charge is -2.12. The standard InChI is InChI=1S/C11H7F3N2O3/c1-15-9-3-2-6(16(18)19)4-7(9)8(5-10(15)17)11(12,13)14/h2-5H,1H3. The number of hydrogen-bond acceptors (Lipinski definition) is 3. The lowest BCUT2D eigenvalue weighted by Crippen LogP contribution is -2.20. The second-order valence-corrected chi connectivity index (χ2v) is 3.91. The zero-order valence-corrected chi connectivity index (χ0v) is 9.56. The van der Waals surface area contributed by atoms with Gasteiger partial charge in [-0.3, -0.25) is 14.9 Å². The van der Waals surface area contributed by atoms with Crippen LogP contribution >= 0.6 is 0 Å². The lowest BCUT2D eigenvalue weighted by atomic mass is 10.1. The Balaban J connectivity index is 2.95. The van der Waals surface area contributed by atoms with Crippen LogP contribution in [0.3, 0.4) is 0 Å². The third kappa shape index (κ3) is 2.16. The molecular formula is C11H7F3N2O3. The van der Waals surface area contributed by atoms with Crippen LogP contribution < -0.4 is 5.56 Å². The van der Waals surface area contributed by atoms with Crippen LogP contribution in [0.4, 0.5) is 18.9 Å². The smallest absolute Gasteiger partial charge is 0.311 e. The highest BCUT2D eigenvalue weighted by Gasteiger charge is 2.34. The van der Waals surface area contributed by atoms with Crippen molar-refractivity contribution in [1.29, 1.82) is 0 Å². The fraction of sp³-hybridized carbons (Fsp3) is 0.182. The van der Waals surface area contributed by atoms with E-state index in [2.05, 4.69) is 0 Å². The number of benzene rings is 1. The number of halogens is 3. The molecule has 1 aromatic heterocycles. The second kappa shape index (κ2) is 4.08. The number of fused-ring (bicyclic) bond motifs is 1. The first-order valence-electron chi connectivity index (χ1n) is 5.07. The van der Waals surface area contributed by atoms with Gasteiger partial charge in [0.25, 0.3) is 11.2 Å². The molecule has 0 aliphatic rings. The minimum Gasteiger partial charge on any atom is -0.311 e. The van der Waals surface area contributed by atoms with Crippen molar-refractivity contribution in [2.45, 2.75) is 6.18 Å². The van der Waals surface area contributed by atoms with E-state index in [0.717, 1.165) is 22.8 Å². The van der Waals surface area contributed by atoms with Gasteiger partial charge in [0.05, 0.1) is 16.0 Å². The molecule has 0 N–H and O–H groups in total. The zero-order valence-electron chi connectivity index (χ0n) is 9.56. The van der Waals surface area contributed by atoms with Gasteiger partial charge in [-0.15, -0.1) is 0 Å². The summed E-state index contributed by atoms with van der Waals surface area (Å²) in [5.41, 5.74) is -2.47. The van der Waals surface area contributed by atoms with Gasteiger partial charge < -0.3 is 4.57 Å². The van der Waals surface area contributed by atoms with Gasteiger partial charge in [-0.1, -0.05) is 0 Å². The minimum absolute atomic E-state index is 0.00887. The Hall–Kier alpha value is -2.38. The Kier molecular flexibility index (Phi) is 2.80. The zero-order chi connectivity index (χ0) is 14.4. The molecule has 1 heterocycles. The molecule has 0 atom stereocenters. The predicted octanol–water partition coefficient (Wildman–Crippen LogP) is 2.47. The van der Waals surface area contributed by atoms with E-state index in [4.69, 9.17) is 0 Å². The number of non-ortho nitro benzene ring substituents is 1. The number of hydrogen-bond donors (Lipinski definition) is 0. The summed E-state index contributed by atoms with van der Waals surface area (Å²) in [6.07, 6.45) is -4.75. The summed E-state index contributed by atoms with van der Waals surface area (Å²) in [7, 11) is 1.30. The van der Waals surface area contributed by atoms with Crippen molar-refractivity contribution in [2.24, 2.45) is 7.05 Å². The summed E-state index contributed by atoms with van der Waals surface area (Å²) in [5, 5.41) is 10.2. The van der Waals surface area contributed by atoms with E-state index in [-0.39, 0.29) is 10.9 Å². The number of aryl methyl sites for hydroxylation is 1. The van der Waals surface area contributed by atoms with Crippen LogP contribution in [0.2, 0.25) is 0 Å². The molecule has 0 radical (unpaired) electrons. The Bertz CT molecular complexity index is 734. The molecule has 0 bridgehead atoms. The van der Waals surface area contributed by atoms with Crippen LogP contribution in [-0.2, 0) is 13.2 Å². The molecule has 0 unspecified atom stereocenters.